The summed E-state index contributed by atoms with van der Waals surface area (Å²) >= 11 is 0. The molecule has 1 heterocycles. The number of hydrogen-bond donors (Lipinski definition) is 1. The standard InChI is InChI=1S/C13H17F3N2O/c1-12(2,3)11(17)6-10(19)8-7-18-5-4-9(8)13(14,15)16/h4-5,7,11H,6,17H2,1-3H3. The summed E-state index contributed by atoms with van der Waals surface area (Å²) in [6, 6.07) is 0.289. The van der Waals surface area contributed by atoms with Gasteiger partial charge in [-0.15, -0.1) is 0 Å². The molecule has 0 amide bonds. The fourth-order valence-corrected chi connectivity index (χ4v) is 1.48. The Morgan fingerprint density at radius 1 is 1.37 bits per heavy atom. The monoisotopic (exact) mass is 274 g/mol. The van der Waals surface area contributed by atoms with Gasteiger partial charge < -0.3 is 5.73 Å². The number of pyridine rings is 1. The molecule has 1 rings (SSSR count). The van der Waals surface area contributed by atoms with Crippen molar-refractivity contribution in [1.29, 1.82) is 0 Å². The first-order valence-corrected chi connectivity index (χ1v) is 5.83. The minimum atomic E-state index is -4.57. The molecule has 1 unspecified atom stereocenters. The average Bonchev–Trinajstić information content (AvgIpc) is 2.26. The maximum Gasteiger partial charge on any atom is 0.417 e. The van der Waals surface area contributed by atoms with Crippen LogP contribution in [0.3, 0.4) is 0 Å². The summed E-state index contributed by atoms with van der Waals surface area (Å²) in [7, 11) is 0. The number of ketones is 1. The van der Waals surface area contributed by atoms with Crippen LogP contribution in [0, 0.1) is 5.41 Å². The fraction of sp³-hybridized carbons (Fsp3) is 0.538. The largest absolute Gasteiger partial charge is 0.417 e. The summed E-state index contributed by atoms with van der Waals surface area (Å²) in [4.78, 5) is 15.5. The summed E-state index contributed by atoms with van der Waals surface area (Å²) in [5.41, 5.74) is 4.09. The van der Waals surface area contributed by atoms with Crippen molar-refractivity contribution in [2.75, 3.05) is 0 Å². The van der Waals surface area contributed by atoms with Crippen molar-refractivity contribution >= 4 is 5.78 Å². The molecule has 2 N–H and O–H groups in total. The number of aromatic nitrogens is 1. The van der Waals surface area contributed by atoms with Gasteiger partial charge >= 0.3 is 6.18 Å². The van der Waals surface area contributed by atoms with Crippen LogP contribution in [-0.4, -0.2) is 16.8 Å². The SMILES string of the molecule is CC(C)(C)C(N)CC(=O)c1cnccc1C(F)(F)F. The molecule has 0 aliphatic heterocycles. The number of nitrogens with two attached hydrogens (primary N) is 1. The molecule has 1 aromatic rings. The molecular formula is C13H17F3N2O. The Hall–Kier alpha value is -1.43. The number of nitrogens with zero attached hydrogens (tertiary/aromatic N) is 1. The summed E-state index contributed by atoms with van der Waals surface area (Å²) in [5, 5.41) is 0. The Morgan fingerprint density at radius 3 is 2.42 bits per heavy atom. The van der Waals surface area contributed by atoms with Gasteiger partial charge in [-0.25, -0.2) is 0 Å². The van der Waals surface area contributed by atoms with Gasteiger partial charge in [0, 0.05) is 30.4 Å². The number of carbonyl (C=O) groups is 1. The predicted octanol–water partition coefficient (Wildman–Crippen LogP) is 3.05. The number of rotatable bonds is 3. The highest BCUT2D eigenvalue weighted by atomic mass is 19.4. The zero-order valence-electron chi connectivity index (χ0n) is 11.1. The number of Topliss-reactive ketones (excluding diaryl/α,β-unsaturated/α-hetero) is 1. The van der Waals surface area contributed by atoms with E-state index in [2.05, 4.69) is 4.98 Å². The van der Waals surface area contributed by atoms with Crippen molar-refractivity contribution in [3.8, 4) is 0 Å². The van der Waals surface area contributed by atoms with Crippen LogP contribution in [0.1, 0.15) is 43.1 Å². The van der Waals surface area contributed by atoms with Gasteiger partial charge in [-0.3, -0.25) is 9.78 Å². The van der Waals surface area contributed by atoms with E-state index in [-0.39, 0.29) is 11.8 Å². The van der Waals surface area contributed by atoms with Crippen LogP contribution in [0.2, 0.25) is 0 Å². The second-order valence-corrected chi connectivity index (χ2v) is 5.52. The van der Waals surface area contributed by atoms with E-state index in [0.717, 1.165) is 18.5 Å². The third-order valence-corrected chi connectivity index (χ3v) is 2.94. The third kappa shape index (κ3) is 4.02. The zero-order chi connectivity index (χ0) is 14.8. The van der Waals surface area contributed by atoms with Gasteiger partial charge in [-0.2, -0.15) is 13.2 Å². The molecule has 19 heavy (non-hydrogen) atoms. The Labute approximate surface area is 110 Å². The lowest BCUT2D eigenvalue weighted by atomic mass is 9.83. The number of hydrogen-bond acceptors (Lipinski definition) is 3. The first kappa shape index (κ1) is 15.6. The van der Waals surface area contributed by atoms with Crippen molar-refractivity contribution in [2.45, 2.75) is 39.4 Å². The van der Waals surface area contributed by atoms with E-state index in [1.807, 2.05) is 20.8 Å². The molecule has 0 saturated carbocycles. The quantitative estimate of drug-likeness (QED) is 0.862. The lowest BCUT2D eigenvalue weighted by Crippen LogP contribution is -2.37. The zero-order valence-corrected chi connectivity index (χ0v) is 11.1. The van der Waals surface area contributed by atoms with Crippen molar-refractivity contribution in [3.05, 3.63) is 29.6 Å². The van der Waals surface area contributed by atoms with E-state index in [0.29, 0.717) is 0 Å². The van der Waals surface area contributed by atoms with Crippen LogP contribution < -0.4 is 5.73 Å². The molecule has 1 aromatic heterocycles. The van der Waals surface area contributed by atoms with E-state index < -0.39 is 29.1 Å². The van der Waals surface area contributed by atoms with Gasteiger partial charge in [0.15, 0.2) is 5.78 Å². The highest BCUT2D eigenvalue weighted by molar-refractivity contribution is 5.97. The summed E-state index contributed by atoms with van der Waals surface area (Å²) < 4.78 is 38.3. The second-order valence-electron chi connectivity index (χ2n) is 5.52. The van der Waals surface area contributed by atoms with Gasteiger partial charge in [0.05, 0.1) is 5.56 Å². The first-order valence-electron chi connectivity index (χ1n) is 5.83. The lowest BCUT2D eigenvalue weighted by Gasteiger charge is -2.26. The molecule has 0 aromatic carbocycles. The van der Waals surface area contributed by atoms with Crippen LogP contribution in [0.15, 0.2) is 18.5 Å². The van der Waals surface area contributed by atoms with Crippen LogP contribution in [-0.2, 0) is 6.18 Å². The van der Waals surface area contributed by atoms with Crippen molar-refractivity contribution < 1.29 is 18.0 Å². The molecule has 106 valence electrons. The average molecular weight is 274 g/mol. The summed E-state index contributed by atoms with van der Waals surface area (Å²) in [6.07, 6.45) is -2.75. The van der Waals surface area contributed by atoms with Crippen LogP contribution in [0.4, 0.5) is 13.2 Å². The Bertz CT molecular complexity index is 464. The normalized spacial score (nSPS) is 14.3. The Balaban J connectivity index is 3.02. The van der Waals surface area contributed by atoms with Crippen LogP contribution >= 0.6 is 0 Å². The molecule has 0 saturated heterocycles. The molecule has 1 atom stereocenters. The van der Waals surface area contributed by atoms with E-state index >= 15 is 0 Å². The molecule has 0 aliphatic rings. The molecule has 3 nitrogen and oxygen atoms in total. The summed E-state index contributed by atoms with van der Waals surface area (Å²) in [5.74, 6) is -0.636. The van der Waals surface area contributed by atoms with Gasteiger partial charge in [-0.1, -0.05) is 20.8 Å². The number of alkyl halides is 3. The molecule has 0 radical (unpaired) electrons. The minimum absolute atomic E-state index is 0.141. The molecule has 0 bridgehead atoms. The van der Waals surface area contributed by atoms with E-state index in [9.17, 15) is 18.0 Å². The van der Waals surface area contributed by atoms with E-state index in [1.165, 1.54) is 0 Å². The maximum atomic E-state index is 12.8. The smallest absolute Gasteiger partial charge is 0.327 e. The molecule has 6 heteroatoms. The van der Waals surface area contributed by atoms with Crippen LogP contribution in [0.25, 0.3) is 0 Å². The third-order valence-electron chi connectivity index (χ3n) is 2.94. The molecule has 0 fully saturated rings. The van der Waals surface area contributed by atoms with Gasteiger partial charge in [0.25, 0.3) is 0 Å². The number of carbonyl (C=O) groups excluding carboxylic acids is 1. The summed E-state index contributed by atoms with van der Waals surface area (Å²) in [6.45, 7) is 5.50. The predicted molar refractivity (Wildman–Crippen MR) is 65.6 cm³/mol. The van der Waals surface area contributed by atoms with Crippen molar-refractivity contribution in [1.82, 2.24) is 4.98 Å². The van der Waals surface area contributed by atoms with Gasteiger partial charge in [0.2, 0.25) is 0 Å². The Morgan fingerprint density at radius 2 is 1.95 bits per heavy atom. The maximum absolute atomic E-state index is 12.8. The molecular weight excluding hydrogens is 257 g/mol. The lowest BCUT2D eigenvalue weighted by molar-refractivity contribution is -0.138. The number of halogens is 3. The Kier molecular flexibility index (Phi) is 4.35. The van der Waals surface area contributed by atoms with E-state index in [1.54, 1.807) is 0 Å². The first-order chi connectivity index (χ1) is 8.53. The van der Waals surface area contributed by atoms with Crippen molar-refractivity contribution in [3.63, 3.8) is 0 Å². The second kappa shape index (κ2) is 5.28. The highest BCUT2D eigenvalue weighted by Crippen LogP contribution is 2.32. The highest BCUT2D eigenvalue weighted by Gasteiger charge is 2.35. The van der Waals surface area contributed by atoms with Gasteiger partial charge in [-0.05, 0) is 11.5 Å². The van der Waals surface area contributed by atoms with Gasteiger partial charge in [0.1, 0.15) is 0 Å². The van der Waals surface area contributed by atoms with Crippen molar-refractivity contribution in [2.24, 2.45) is 11.1 Å². The molecule has 0 aliphatic carbocycles. The fourth-order valence-electron chi connectivity index (χ4n) is 1.48. The topological polar surface area (TPSA) is 56.0 Å². The minimum Gasteiger partial charge on any atom is -0.327 e. The van der Waals surface area contributed by atoms with Crippen LogP contribution in [0.5, 0.6) is 0 Å². The van der Waals surface area contributed by atoms with E-state index in [4.69, 9.17) is 5.73 Å². The molecule has 0 spiro atoms.